The molecule has 0 unspecified atom stereocenters. The van der Waals surface area contributed by atoms with Gasteiger partial charge in [0.1, 0.15) is 0 Å². The SMILES string of the molecule is CC(C)(C)COC(=O)OCOP=O. The van der Waals surface area contributed by atoms with Gasteiger partial charge < -0.3 is 9.47 Å². The molecule has 6 heteroatoms. The van der Waals surface area contributed by atoms with E-state index >= 15 is 0 Å². The van der Waals surface area contributed by atoms with Crippen LogP contribution in [-0.4, -0.2) is 19.6 Å². The summed E-state index contributed by atoms with van der Waals surface area (Å²) < 4.78 is 23.1. The van der Waals surface area contributed by atoms with Crippen molar-refractivity contribution in [2.24, 2.45) is 5.41 Å². The monoisotopic (exact) mass is 208 g/mol. The van der Waals surface area contributed by atoms with Crippen LogP contribution in [0.25, 0.3) is 0 Å². The van der Waals surface area contributed by atoms with E-state index < -0.39 is 14.8 Å². The second kappa shape index (κ2) is 5.89. The van der Waals surface area contributed by atoms with Crippen molar-refractivity contribution in [2.75, 3.05) is 13.4 Å². The maximum absolute atomic E-state index is 10.7. The van der Waals surface area contributed by atoms with Crippen molar-refractivity contribution >= 4 is 14.8 Å². The van der Waals surface area contributed by atoms with Crippen LogP contribution < -0.4 is 0 Å². The molecule has 0 amide bonds. The minimum atomic E-state index is -0.821. The van der Waals surface area contributed by atoms with E-state index in [2.05, 4.69) is 9.26 Å². The van der Waals surface area contributed by atoms with Gasteiger partial charge in [-0.1, -0.05) is 20.8 Å². The lowest BCUT2D eigenvalue weighted by Crippen LogP contribution is -2.19. The highest BCUT2D eigenvalue weighted by Gasteiger charge is 2.14. The van der Waals surface area contributed by atoms with Gasteiger partial charge in [0.15, 0.2) is 0 Å². The van der Waals surface area contributed by atoms with Gasteiger partial charge in [0, 0.05) is 0 Å². The molecular weight excluding hydrogens is 195 g/mol. The van der Waals surface area contributed by atoms with Crippen LogP contribution in [0.4, 0.5) is 4.79 Å². The first-order chi connectivity index (χ1) is 5.95. The highest BCUT2D eigenvalue weighted by molar-refractivity contribution is 7.17. The Kier molecular flexibility index (Phi) is 5.58. The number of hydrogen-bond acceptors (Lipinski definition) is 5. The Balaban J connectivity index is 3.46. The van der Waals surface area contributed by atoms with E-state index in [-0.39, 0.29) is 18.8 Å². The first-order valence-electron chi connectivity index (χ1n) is 3.70. The summed E-state index contributed by atoms with van der Waals surface area (Å²) in [5.41, 5.74) is -0.101. The fourth-order valence-electron chi connectivity index (χ4n) is 0.413. The molecule has 76 valence electrons. The van der Waals surface area contributed by atoms with Crippen molar-refractivity contribution in [1.82, 2.24) is 0 Å². The summed E-state index contributed by atoms with van der Waals surface area (Å²) in [6.45, 7) is 5.67. The summed E-state index contributed by atoms with van der Waals surface area (Å²) in [6, 6.07) is 0. The third-order valence-corrected chi connectivity index (χ3v) is 1.12. The van der Waals surface area contributed by atoms with E-state index in [1.807, 2.05) is 20.8 Å². The van der Waals surface area contributed by atoms with Crippen LogP contribution in [0.1, 0.15) is 20.8 Å². The smallest absolute Gasteiger partial charge is 0.434 e. The summed E-state index contributed by atoms with van der Waals surface area (Å²) in [6.07, 6.45) is -0.821. The van der Waals surface area contributed by atoms with Crippen LogP contribution >= 0.6 is 8.69 Å². The molecule has 0 radical (unpaired) electrons. The molecule has 0 aromatic heterocycles. The van der Waals surface area contributed by atoms with E-state index in [1.54, 1.807) is 0 Å². The van der Waals surface area contributed by atoms with Crippen LogP contribution in [-0.2, 0) is 18.6 Å². The normalized spacial score (nSPS) is 11.3. The number of carbonyl (C=O) groups is 1. The summed E-state index contributed by atoms with van der Waals surface area (Å²) in [5, 5.41) is 0. The summed E-state index contributed by atoms with van der Waals surface area (Å²) >= 11 is 0. The molecule has 0 aliphatic rings. The van der Waals surface area contributed by atoms with Crippen molar-refractivity contribution < 1.29 is 23.4 Å². The molecule has 0 saturated carbocycles. The Morgan fingerprint density at radius 1 is 1.31 bits per heavy atom. The van der Waals surface area contributed by atoms with Gasteiger partial charge in [-0.25, -0.2) is 9.36 Å². The molecule has 0 fully saturated rings. The fourth-order valence-corrected chi connectivity index (χ4v) is 0.509. The maximum Gasteiger partial charge on any atom is 0.510 e. The molecule has 13 heavy (non-hydrogen) atoms. The van der Waals surface area contributed by atoms with E-state index in [0.29, 0.717) is 0 Å². The van der Waals surface area contributed by atoms with Gasteiger partial charge in [0.05, 0.1) is 6.61 Å². The van der Waals surface area contributed by atoms with Gasteiger partial charge in [-0.05, 0) is 5.41 Å². The van der Waals surface area contributed by atoms with Gasteiger partial charge in [-0.3, -0.25) is 4.52 Å². The molecule has 0 atom stereocenters. The molecule has 0 aliphatic carbocycles. The molecule has 0 aromatic rings. The van der Waals surface area contributed by atoms with Gasteiger partial charge >= 0.3 is 14.8 Å². The van der Waals surface area contributed by atoms with Crippen LogP contribution in [0, 0.1) is 5.41 Å². The lowest BCUT2D eigenvalue weighted by atomic mass is 9.99. The quantitative estimate of drug-likeness (QED) is 0.307. The summed E-state index contributed by atoms with van der Waals surface area (Å²) in [5.74, 6) is 0. The van der Waals surface area contributed by atoms with Crippen LogP contribution in [0.2, 0.25) is 0 Å². The van der Waals surface area contributed by atoms with Gasteiger partial charge in [0.2, 0.25) is 6.79 Å². The van der Waals surface area contributed by atoms with Crippen molar-refractivity contribution in [3.8, 4) is 0 Å². The fraction of sp³-hybridized carbons (Fsp3) is 0.857. The number of carbonyl (C=O) groups excluding carboxylic acids is 1. The zero-order chi connectivity index (χ0) is 10.3. The summed E-state index contributed by atoms with van der Waals surface area (Å²) in [7, 11) is -0.525. The highest BCUT2D eigenvalue weighted by atomic mass is 31.1. The van der Waals surface area contributed by atoms with E-state index in [1.165, 1.54) is 0 Å². The van der Waals surface area contributed by atoms with Crippen molar-refractivity contribution in [2.45, 2.75) is 20.8 Å². The summed E-state index contributed by atoms with van der Waals surface area (Å²) in [4.78, 5) is 10.7. The number of ether oxygens (including phenoxy) is 2. The molecule has 0 saturated heterocycles. The van der Waals surface area contributed by atoms with Gasteiger partial charge in [-0.2, -0.15) is 0 Å². The van der Waals surface area contributed by atoms with Crippen molar-refractivity contribution in [3.63, 3.8) is 0 Å². The van der Waals surface area contributed by atoms with Crippen molar-refractivity contribution in [3.05, 3.63) is 0 Å². The standard InChI is InChI=1S/C7H13O5P/c1-7(2,3)4-10-6(8)11-5-12-13-9/h4-5H2,1-3H3. The largest absolute Gasteiger partial charge is 0.510 e. The molecule has 0 aliphatic heterocycles. The Bertz CT molecular complexity index is 174. The molecule has 0 rings (SSSR count). The van der Waals surface area contributed by atoms with Crippen LogP contribution in [0.15, 0.2) is 0 Å². The molecule has 0 N–H and O–H groups in total. The first kappa shape index (κ1) is 12.3. The Hall–Kier alpha value is -0.670. The second-order valence-corrected chi connectivity index (χ2v) is 3.97. The topological polar surface area (TPSA) is 61.8 Å². The Labute approximate surface area is 78.6 Å². The zero-order valence-corrected chi connectivity index (χ0v) is 8.80. The average molecular weight is 208 g/mol. The minimum Gasteiger partial charge on any atom is -0.434 e. The van der Waals surface area contributed by atoms with E-state index in [4.69, 9.17) is 4.74 Å². The predicted octanol–water partition coefficient (Wildman–Crippen LogP) is 2.37. The molecular formula is C7H13O5P. The highest BCUT2D eigenvalue weighted by Crippen LogP contribution is 2.13. The second-order valence-electron chi connectivity index (χ2n) is 3.57. The van der Waals surface area contributed by atoms with Crippen LogP contribution in [0.5, 0.6) is 0 Å². The Morgan fingerprint density at radius 3 is 2.38 bits per heavy atom. The lowest BCUT2D eigenvalue weighted by Gasteiger charge is -2.16. The van der Waals surface area contributed by atoms with Gasteiger partial charge in [-0.15, -0.1) is 0 Å². The lowest BCUT2D eigenvalue weighted by molar-refractivity contribution is -0.00404. The zero-order valence-electron chi connectivity index (χ0n) is 7.90. The minimum absolute atomic E-state index is 0.101. The molecule has 0 heterocycles. The average Bonchev–Trinajstić information content (AvgIpc) is 2.00. The number of hydrogen-bond donors (Lipinski definition) is 0. The molecule has 0 aromatic carbocycles. The molecule has 0 spiro atoms. The van der Waals surface area contributed by atoms with Crippen molar-refractivity contribution in [1.29, 1.82) is 0 Å². The molecule has 5 nitrogen and oxygen atoms in total. The predicted molar refractivity (Wildman–Crippen MR) is 45.4 cm³/mol. The number of rotatable bonds is 4. The molecule has 0 bridgehead atoms. The Morgan fingerprint density at radius 2 is 1.92 bits per heavy atom. The van der Waals surface area contributed by atoms with E-state index in [0.717, 1.165) is 0 Å². The maximum atomic E-state index is 10.7. The van der Waals surface area contributed by atoms with Crippen LogP contribution in [0.3, 0.4) is 0 Å². The van der Waals surface area contributed by atoms with E-state index in [9.17, 15) is 9.36 Å². The third kappa shape index (κ3) is 9.24. The third-order valence-electron chi connectivity index (χ3n) is 0.905. The first-order valence-corrected chi connectivity index (χ1v) is 4.43. The van der Waals surface area contributed by atoms with Gasteiger partial charge in [0.25, 0.3) is 0 Å².